The first-order valence-electron chi connectivity index (χ1n) is 6.28. The van der Waals surface area contributed by atoms with Crippen molar-refractivity contribution in [2.75, 3.05) is 0 Å². The van der Waals surface area contributed by atoms with Gasteiger partial charge in [-0.1, -0.05) is 24.3 Å². The molecule has 0 saturated carbocycles. The third-order valence-corrected chi connectivity index (χ3v) is 3.08. The summed E-state index contributed by atoms with van der Waals surface area (Å²) < 4.78 is 13.1. The predicted octanol–water partition coefficient (Wildman–Crippen LogP) is 3.58. The maximum Gasteiger partial charge on any atom is 0.269 e. The van der Waals surface area contributed by atoms with Crippen LogP contribution in [-0.4, -0.2) is 4.92 Å². The van der Waals surface area contributed by atoms with Crippen molar-refractivity contribution in [2.45, 2.75) is 19.5 Å². The van der Waals surface area contributed by atoms with Crippen molar-refractivity contribution in [1.82, 2.24) is 5.32 Å². The minimum absolute atomic E-state index is 0.0371. The van der Waals surface area contributed by atoms with Gasteiger partial charge in [0.05, 0.1) is 4.92 Å². The number of hydrogen-bond acceptors (Lipinski definition) is 3. The van der Waals surface area contributed by atoms with Crippen LogP contribution in [0.5, 0.6) is 0 Å². The molecule has 0 radical (unpaired) electrons. The number of nitrogens with zero attached hydrogens (tertiary/aromatic N) is 1. The Bertz CT molecular complexity index is 616. The van der Waals surface area contributed by atoms with Crippen molar-refractivity contribution in [3.05, 3.63) is 75.6 Å². The molecule has 0 aliphatic carbocycles. The predicted molar refractivity (Wildman–Crippen MR) is 74.8 cm³/mol. The average Bonchev–Trinajstić information content (AvgIpc) is 2.45. The summed E-state index contributed by atoms with van der Waals surface area (Å²) in [7, 11) is 0. The molecule has 2 aromatic carbocycles. The lowest BCUT2D eigenvalue weighted by Gasteiger charge is -2.14. The largest absolute Gasteiger partial charge is 0.306 e. The highest BCUT2D eigenvalue weighted by Gasteiger charge is 2.08. The van der Waals surface area contributed by atoms with Crippen LogP contribution in [0.25, 0.3) is 0 Å². The van der Waals surface area contributed by atoms with E-state index < -0.39 is 4.92 Å². The zero-order chi connectivity index (χ0) is 14.5. The zero-order valence-corrected chi connectivity index (χ0v) is 11.0. The second-order valence-corrected chi connectivity index (χ2v) is 4.58. The van der Waals surface area contributed by atoms with E-state index in [-0.39, 0.29) is 17.5 Å². The number of nitrogens with one attached hydrogen (secondary N) is 1. The van der Waals surface area contributed by atoms with Gasteiger partial charge in [0.15, 0.2) is 0 Å². The summed E-state index contributed by atoms with van der Waals surface area (Å²) in [5.41, 5.74) is 1.74. The molecule has 0 amide bonds. The fourth-order valence-corrected chi connectivity index (χ4v) is 1.94. The Hall–Kier alpha value is -2.27. The molecule has 0 aliphatic heterocycles. The first-order chi connectivity index (χ1) is 9.56. The van der Waals surface area contributed by atoms with Crippen LogP contribution >= 0.6 is 0 Å². The van der Waals surface area contributed by atoms with E-state index in [0.717, 1.165) is 11.1 Å². The van der Waals surface area contributed by atoms with Crippen molar-refractivity contribution in [1.29, 1.82) is 0 Å². The van der Waals surface area contributed by atoms with Crippen molar-refractivity contribution >= 4 is 5.69 Å². The second kappa shape index (κ2) is 6.25. The van der Waals surface area contributed by atoms with Crippen LogP contribution in [0, 0.1) is 15.9 Å². The lowest BCUT2D eigenvalue weighted by atomic mass is 10.1. The highest BCUT2D eigenvalue weighted by atomic mass is 19.1. The molecule has 0 spiro atoms. The fraction of sp³-hybridized carbons (Fsp3) is 0.200. The van der Waals surface area contributed by atoms with Crippen LogP contribution in [-0.2, 0) is 6.54 Å². The monoisotopic (exact) mass is 274 g/mol. The number of nitro groups is 1. The van der Waals surface area contributed by atoms with E-state index in [9.17, 15) is 14.5 Å². The third-order valence-electron chi connectivity index (χ3n) is 3.08. The van der Waals surface area contributed by atoms with Gasteiger partial charge in [-0.05, 0) is 30.2 Å². The van der Waals surface area contributed by atoms with Crippen LogP contribution in [0.3, 0.4) is 0 Å². The Morgan fingerprint density at radius 2 is 2.00 bits per heavy atom. The maximum absolute atomic E-state index is 13.1. The smallest absolute Gasteiger partial charge is 0.269 e. The van der Waals surface area contributed by atoms with E-state index in [1.165, 1.54) is 24.3 Å². The molecule has 1 N–H and O–H groups in total. The first kappa shape index (κ1) is 14.1. The van der Waals surface area contributed by atoms with E-state index in [4.69, 9.17) is 0 Å². The van der Waals surface area contributed by atoms with Crippen molar-refractivity contribution < 1.29 is 9.31 Å². The maximum atomic E-state index is 13.1. The van der Waals surface area contributed by atoms with Crippen LogP contribution in [0.2, 0.25) is 0 Å². The second-order valence-electron chi connectivity index (χ2n) is 4.58. The Labute approximate surface area is 116 Å². The molecule has 104 valence electrons. The SMILES string of the molecule is C[C@H](NCc1cccc([N+](=O)[O-])c1)c1cccc(F)c1. The summed E-state index contributed by atoms with van der Waals surface area (Å²) in [6.45, 7) is 2.41. The summed E-state index contributed by atoms with van der Waals surface area (Å²) in [6.07, 6.45) is 0. The molecular weight excluding hydrogens is 259 g/mol. The van der Waals surface area contributed by atoms with E-state index >= 15 is 0 Å². The van der Waals surface area contributed by atoms with Gasteiger partial charge in [-0.15, -0.1) is 0 Å². The number of non-ortho nitro benzene ring substituents is 1. The zero-order valence-electron chi connectivity index (χ0n) is 11.0. The topological polar surface area (TPSA) is 55.2 Å². The van der Waals surface area contributed by atoms with Gasteiger partial charge in [-0.3, -0.25) is 10.1 Å². The number of nitro benzene ring substituents is 1. The Balaban J connectivity index is 2.01. The van der Waals surface area contributed by atoms with Gasteiger partial charge in [0.2, 0.25) is 0 Å². The van der Waals surface area contributed by atoms with E-state index in [1.807, 2.05) is 19.1 Å². The summed E-state index contributed by atoms with van der Waals surface area (Å²) in [4.78, 5) is 10.3. The Morgan fingerprint density at radius 3 is 2.70 bits per heavy atom. The van der Waals surface area contributed by atoms with Crippen LogP contribution in [0.1, 0.15) is 24.1 Å². The average molecular weight is 274 g/mol. The van der Waals surface area contributed by atoms with Gasteiger partial charge in [0.1, 0.15) is 5.82 Å². The molecule has 0 bridgehead atoms. The van der Waals surface area contributed by atoms with Crippen LogP contribution < -0.4 is 5.32 Å². The molecule has 2 aromatic rings. The number of benzene rings is 2. The lowest BCUT2D eigenvalue weighted by Crippen LogP contribution is -2.18. The van der Waals surface area contributed by atoms with Gasteiger partial charge >= 0.3 is 0 Å². The highest BCUT2D eigenvalue weighted by Crippen LogP contribution is 2.16. The molecule has 4 nitrogen and oxygen atoms in total. The summed E-state index contributed by atoms with van der Waals surface area (Å²) in [5, 5.41) is 13.9. The molecule has 1 atom stereocenters. The van der Waals surface area contributed by atoms with Gasteiger partial charge < -0.3 is 5.32 Å². The van der Waals surface area contributed by atoms with Crippen LogP contribution in [0.4, 0.5) is 10.1 Å². The van der Waals surface area contributed by atoms with E-state index in [2.05, 4.69) is 5.32 Å². The molecule has 0 aliphatic rings. The van der Waals surface area contributed by atoms with Gasteiger partial charge in [0, 0.05) is 24.7 Å². The standard InChI is InChI=1S/C15H15FN2O2/c1-11(13-5-3-6-14(16)9-13)17-10-12-4-2-7-15(8-12)18(19)20/h2-9,11,17H,10H2,1H3/t11-/m0/s1. The lowest BCUT2D eigenvalue weighted by molar-refractivity contribution is -0.384. The number of hydrogen-bond donors (Lipinski definition) is 1. The van der Waals surface area contributed by atoms with E-state index in [1.54, 1.807) is 12.1 Å². The van der Waals surface area contributed by atoms with Crippen LogP contribution in [0.15, 0.2) is 48.5 Å². The minimum Gasteiger partial charge on any atom is -0.306 e. The van der Waals surface area contributed by atoms with E-state index in [0.29, 0.717) is 6.54 Å². The fourth-order valence-electron chi connectivity index (χ4n) is 1.94. The molecule has 0 fully saturated rings. The molecule has 0 saturated heterocycles. The summed E-state index contributed by atoms with van der Waals surface area (Å²) >= 11 is 0. The third kappa shape index (κ3) is 3.61. The number of rotatable bonds is 5. The molecule has 5 heteroatoms. The Morgan fingerprint density at radius 1 is 1.25 bits per heavy atom. The van der Waals surface area contributed by atoms with Gasteiger partial charge in [-0.25, -0.2) is 4.39 Å². The molecule has 0 aromatic heterocycles. The normalized spacial score (nSPS) is 12.1. The van der Waals surface area contributed by atoms with Crippen molar-refractivity contribution in [2.24, 2.45) is 0 Å². The summed E-state index contributed by atoms with van der Waals surface area (Å²) in [5.74, 6) is -0.272. The molecule has 0 heterocycles. The van der Waals surface area contributed by atoms with Gasteiger partial charge in [-0.2, -0.15) is 0 Å². The molecule has 0 unspecified atom stereocenters. The first-order valence-corrected chi connectivity index (χ1v) is 6.28. The minimum atomic E-state index is -0.417. The molecule has 2 rings (SSSR count). The Kier molecular flexibility index (Phi) is 4.42. The number of halogens is 1. The van der Waals surface area contributed by atoms with Gasteiger partial charge in [0.25, 0.3) is 5.69 Å². The molecule has 20 heavy (non-hydrogen) atoms. The quantitative estimate of drug-likeness (QED) is 0.669. The summed E-state index contributed by atoms with van der Waals surface area (Å²) in [6, 6.07) is 12.8. The molecular formula is C15H15FN2O2. The highest BCUT2D eigenvalue weighted by molar-refractivity contribution is 5.34. The van der Waals surface area contributed by atoms with Crippen molar-refractivity contribution in [3.63, 3.8) is 0 Å². The van der Waals surface area contributed by atoms with Crippen molar-refractivity contribution in [3.8, 4) is 0 Å².